The molecule has 0 amide bonds. The summed E-state index contributed by atoms with van der Waals surface area (Å²) < 4.78 is 10.6. The first kappa shape index (κ1) is 19.7. The standard InChI is InChI=1S/C23H24N2O2S/c1-16-8-7-11-18(14-16)22(17-9-5-4-6-10-17)25-23(28)24-19-12-13-20(26-2)21(15-19)27-3/h4-15,22H,1-3H3,(H2,24,25,28). The van der Waals surface area contributed by atoms with Gasteiger partial charge in [-0.2, -0.15) is 0 Å². The van der Waals surface area contributed by atoms with Gasteiger partial charge in [0.15, 0.2) is 16.6 Å². The van der Waals surface area contributed by atoms with Gasteiger partial charge in [-0.3, -0.25) is 0 Å². The first-order chi connectivity index (χ1) is 13.6. The predicted molar refractivity (Wildman–Crippen MR) is 118 cm³/mol. The molecule has 144 valence electrons. The van der Waals surface area contributed by atoms with Crippen molar-refractivity contribution in [3.63, 3.8) is 0 Å². The highest BCUT2D eigenvalue weighted by atomic mass is 32.1. The van der Waals surface area contributed by atoms with Gasteiger partial charge in [0, 0.05) is 11.8 Å². The van der Waals surface area contributed by atoms with Gasteiger partial charge in [-0.15, -0.1) is 0 Å². The zero-order valence-electron chi connectivity index (χ0n) is 16.2. The van der Waals surface area contributed by atoms with Gasteiger partial charge in [-0.25, -0.2) is 0 Å². The summed E-state index contributed by atoms with van der Waals surface area (Å²) in [6.07, 6.45) is 0. The van der Waals surface area contributed by atoms with Gasteiger partial charge < -0.3 is 20.1 Å². The van der Waals surface area contributed by atoms with Gasteiger partial charge in [0.1, 0.15) is 0 Å². The molecule has 0 aliphatic rings. The van der Waals surface area contributed by atoms with Crippen LogP contribution in [0, 0.1) is 6.92 Å². The average molecular weight is 393 g/mol. The molecule has 0 fully saturated rings. The molecule has 0 aliphatic heterocycles. The molecule has 4 nitrogen and oxygen atoms in total. The van der Waals surface area contributed by atoms with Crippen LogP contribution in [-0.4, -0.2) is 19.3 Å². The minimum atomic E-state index is -0.0544. The van der Waals surface area contributed by atoms with Gasteiger partial charge in [-0.05, 0) is 42.4 Å². The average Bonchev–Trinajstić information content (AvgIpc) is 2.72. The highest BCUT2D eigenvalue weighted by Gasteiger charge is 2.16. The van der Waals surface area contributed by atoms with Crippen molar-refractivity contribution in [3.05, 3.63) is 89.5 Å². The van der Waals surface area contributed by atoms with Crippen LogP contribution in [0.5, 0.6) is 11.5 Å². The number of anilines is 1. The van der Waals surface area contributed by atoms with E-state index in [2.05, 4.69) is 54.0 Å². The fraction of sp³-hybridized carbons (Fsp3) is 0.174. The number of nitrogens with one attached hydrogen (secondary N) is 2. The molecular weight excluding hydrogens is 368 g/mol. The van der Waals surface area contributed by atoms with Crippen molar-refractivity contribution < 1.29 is 9.47 Å². The molecular formula is C23H24N2O2S. The lowest BCUT2D eigenvalue weighted by atomic mass is 9.97. The van der Waals surface area contributed by atoms with Crippen LogP contribution in [0.4, 0.5) is 5.69 Å². The van der Waals surface area contributed by atoms with Crippen LogP contribution in [0.25, 0.3) is 0 Å². The summed E-state index contributed by atoms with van der Waals surface area (Å²) in [5, 5.41) is 7.21. The van der Waals surface area contributed by atoms with E-state index < -0.39 is 0 Å². The summed E-state index contributed by atoms with van der Waals surface area (Å²) in [5.74, 6) is 1.32. The van der Waals surface area contributed by atoms with Gasteiger partial charge in [0.25, 0.3) is 0 Å². The number of thiocarbonyl (C=S) groups is 1. The zero-order chi connectivity index (χ0) is 19.9. The first-order valence-corrected chi connectivity index (χ1v) is 9.42. The molecule has 0 saturated carbocycles. The maximum absolute atomic E-state index is 5.59. The van der Waals surface area contributed by atoms with Crippen molar-refractivity contribution in [1.29, 1.82) is 0 Å². The number of rotatable bonds is 6. The van der Waals surface area contributed by atoms with E-state index >= 15 is 0 Å². The van der Waals surface area contributed by atoms with E-state index in [1.54, 1.807) is 14.2 Å². The van der Waals surface area contributed by atoms with E-state index in [4.69, 9.17) is 21.7 Å². The Hall–Kier alpha value is -3.05. The van der Waals surface area contributed by atoms with Crippen molar-refractivity contribution in [2.24, 2.45) is 0 Å². The van der Waals surface area contributed by atoms with E-state index in [-0.39, 0.29) is 6.04 Å². The number of hydrogen-bond acceptors (Lipinski definition) is 3. The number of methoxy groups -OCH3 is 2. The van der Waals surface area contributed by atoms with Crippen LogP contribution in [-0.2, 0) is 0 Å². The fourth-order valence-electron chi connectivity index (χ4n) is 3.07. The third-order valence-corrected chi connectivity index (χ3v) is 4.65. The molecule has 3 aromatic rings. The minimum absolute atomic E-state index is 0.0544. The van der Waals surface area contributed by atoms with Crippen LogP contribution in [0.3, 0.4) is 0 Å². The molecule has 0 bridgehead atoms. The maximum Gasteiger partial charge on any atom is 0.171 e. The highest BCUT2D eigenvalue weighted by Crippen LogP contribution is 2.30. The lowest BCUT2D eigenvalue weighted by Gasteiger charge is -2.22. The normalized spacial score (nSPS) is 11.4. The first-order valence-electron chi connectivity index (χ1n) is 9.01. The van der Waals surface area contributed by atoms with Crippen molar-refractivity contribution in [2.75, 3.05) is 19.5 Å². The van der Waals surface area contributed by atoms with Crippen molar-refractivity contribution in [2.45, 2.75) is 13.0 Å². The number of aryl methyl sites for hydroxylation is 1. The van der Waals surface area contributed by atoms with Crippen molar-refractivity contribution >= 4 is 23.0 Å². The molecule has 5 heteroatoms. The molecule has 3 rings (SSSR count). The Labute approximate surface area is 171 Å². The smallest absolute Gasteiger partial charge is 0.171 e. The number of ether oxygens (including phenoxy) is 2. The van der Waals surface area contributed by atoms with E-state index in [0.29, 0.717) is 16.6 Å². The summed E-state index contributed by atoms with van der Waals surface area (Å²) in [4.78, 5) is 0. The monoisotopic (exact) mass is 392 g/mol. The second kappa shape index (κ2) is 9.24. The molecule has 0 spiro atoms. The van der Waals surface area contributed by atoms with Crippen LogP contribution >= 0.6 is 12.2 Å². The Morgan fingerprint density at radius 2 is 1.54 bits per heavy atom. The zero-order valence-corrected chi connectivity index (χ0v) is 17.0. The summed E-state index contributed by atoms with van der Waals surface area (Å²) in [6, 6.07) is 24.3. The maximum atomic E-state index is 5.59. The van der Waals surface area contributed by atoms with Crippen LogP contribution in [0.1, 0.15) is 22.7 Å². The van der Waals surface area contributed by atoms with Gasteiger partial charge >= 0.3 is 0 Å². The number of benzene rings is 3. The van der Waals surface area contributed by atoms with Crippen LogP contribution < -0.4 is 20.1 Å². The van der Waals surface area contributed by atoms with E-state index in [1.165, 1.54) is 5.56 Å². The lowest BCUT2D eigenvalue weighted by molar-refractivity contribution is 0.355. The second-order valence-electron chi connectivity index (χ2n) is 6.43. The summed E-state index contributed by atoms with van der Waals surface area (Å²) in [6.45, 7) is 2.09. The van der Waals surface area contributed by atoms with Crippen molar-refractivity contribution in [3.8, 4) is 11.5 Å². The third-order valence-electron chi connectivity index (χ3n) is 4.43. The Morgan fingerprint density at radius 3 is 2.21 bits per heavy atom. The molecule has 28 heavy (non-hydrogen) atoms. The van der Waals surface area contributed by atoms with Crippen LogP contribution in [0.2, 0.25) is 0 Å². The molecule has 0 aliphatic carbocycles. The molecule has 2 N–H and O–H groups in total. The highest BCUT2D eigenvalue weighted by molar-refractivity contribution is 7.80. The Kier molecular flexibility index (Phi) is 6.50. The predicted octanol–water partition coefficient (Wildman–Crippen LogP) is 5.09. The molecule has 0 radical (unpaired) electrons. The lowest BCUT2D eigenvalue weighted by Crippen LogP contribution is -2.33. The van der Waals surface area contributed by atoms with Crippen molar-refractivity contribution in [1.82, 2.24) is 5.32 Å². The minimum Gasteiger partial charge on any atom is -0.493 e. The summed E-state index contributed by atoms with van der Waals surface area (Å²) in [5.41, 5.74) is 4.33. The van der Waals surface area contributed by atoms with E-state index in [9.17, 15) is 0 Å². The quantitative estimate of drug-likeness (QED) is 0.572. The fourth-order valence-corrected chi connectivity index (χ4v) is 3.30. The molecule has 1 atom stereocenters. The number of hydrogen-bond donors (Lipinski definition) is 2. The van der Waals surface area contributed by atoms with Gasteiger partial charge in [-0.1, -0.05) is 60.2 Å². The molecule has 0 aromatic heterocycles. The molecule has 3 aromatic carbocycles. The third kappa shape index (κ3) is 4.81. The Morgan fingerprint density at radius 1 is 0.821 bits per heavy atom. The van der Waals surface area contributed by atoms with E-state index in [0.717, 1.165) is 16.8 Å². The SMILES string of the molecule is COc1ccc(NC(=S)NC(c2ccccc2)c2cccc(C)c2)cc1OC. The molecule has 1 unspecified atom stereocenters. The van der Waals surface area contributed by atoms with Crippen LogP contribution in [0.15, 0.2) is 72.8 Å². The largest absolute Gasteiger partial charge is 0.493 e. The summed E-state index contributed by atoms with van der Waals surface area (Å²) in [7, 11) is 3.23. The second-order valence-corrected chi connectivity index (χ2v) is 6.83. The molecule has 0 heterocycles. The summed E-state index contributed by atoms with van der Waals surface area (Å²) >= 11 is 5.59. The topological polar surface area (TPSA) is 42.5 Å². The Bertz CT molecular complexity index is 944. The molecule has 0 saturated heterocycles. The van der Waals surface area contributed by atoms with E-state index in [1.807, 2.05) is 36.4 Å². The van der Waals surface area contributed by atoms with Gasteiger partial charge in [0.2, 0.25) is 0 Å². The van der Waals surface area contributed by atoms with Gasteiger partial charge in [0.05, 0.1) is 20.3 Å². The Balaban J connectivity index is 1.82.